The molecule has 2 aliphatic heterocycles. The topological polar surface area (TPSA) is 129 Å². The minimum Gasteiger partial charge on any atom is -0.378 e. The Labute approximate surface area is 360 Å². The molecule has 0 radical (unpaired) electrons. The number of carbonyl (C=O) groups excluding carboxylic acids is 1. The highest BCUT2D eigenvalue weighted by Gasteiger charge is 2.25. The normalized spacial score (nSPS) is 15.0. The van der Waals surface area contributed by atoms with Gasteiger partial charge in [-0.05, 0) is 71.5 Å². The Balaban J connectivity index is 0.764. The second-order valence-corrected chi connectivity index (χ2v) is 15.5. The summed E-state index contributed by atoms with van der Waals surface area (Å²) in [5, 5.41) is 0. The standard InChI is InChI=1S/C42H48F3IN8O6/c1-29-47-36-4-2-3-5-37(36)54(29)42-49-40(48-41(50-42)53-15-18-56-19-16-53)52-12-10-51(11-13-52)14-17-57-20-21-58-22-23-59-24-25-60-28-38(55)32-8-9-34(43)39(45)33(32)26-30-6-7-31(46)27-35(30)44/h2-9,27H,10-26,28H2,1H3. The number of Topliss-reactive ketones (excluding diaryl/α,β-unsaturated/α-hetero) is 1. The fourth-order valence-corrected chi connectivity index (χ4v) is 7.49. The number of halogens is 4. The van der Waals surface area contributed by atoms with Crippen molar-refractivity contribution in [2.75, 3.05) is 122 Å². The molecular weight excluding hydrogens is 896 g/mol. The summed E-state index contributed by atoms with van der Waals surface area (Å²) in [5.41, 5.74) is 1.74. The smallest absolute Gasteiger partial charge is 0.242 e. The average molecular weight is 945 g/mol. The van der Waals surface area contributed by atoms with Crippen LogP contribution in [0.5, 0.6) is 0 Å². The van der Waals surface area contributed by atoms with Crippen LogP contribution in [0.25, 0.3) is 17.0 Å². The van der Waals surface area contributed by atoms with Crippen molar-refractivity contribution in [2.24, 2.45) is 0 Å². The van der Waals surface area contributed by atoms with Crippen molar-refractivity contribution in [1.82, 2.24) is 29.4 Å². The van der Waals surface area contributed by atoms with Crippen LogP contribution in [0.4, 0.5) is 25.1 Å². The molecule has 0 saturated carbocycles. The summed E-state index contributed by atoms with van der Waals surface area (Å²) >= 11 is 1.96. The van der Waals surface area contributed by atoms with Crippen molar-refractivity contribution >= 4 is 51.3 Å². The van der Waals surface area contributed by atoms with Gasteiger partial charge in [0.25, 0.3) is 0 Å². The minimum absolute atomic E-state index is 0.0505. The number of nitrogens with zero attached hydrogens (tertiary/aromatic N) is 8. The van der Waals surface area contributed by atoms with Crippen LogP contribution in [0.1, 0.15) is 27.3 Å². The quantitative estimate of drug-likeness (QED) is 0.0588. The van der Waals surface area contributed by atoms with Crippen molar-refractivity contribution < 1.29 is 41.7 Å². The highest BCUT2D eigenvalue weighted by Crippen LogP contribution is 2.25. The van der Waals surface area contributed by atoms with Gasteiger partial charge in [-0.15, -0.1) is 0 Å². The zero-order valence-corrected chi connectivity index (χ0v) is 35.6. The molecule has 0 aliphatic carbocycles. The molecule has 2 aliphatic rings. The van der Waals surface area contributed by atoms with E-state index in [-0.39, 0.29) is 42.9 Å². The van der Waals surface area contributed by atoms with Gasteiger partial charge in [-0.25, -0.2) is 18.2 Å². The first-order chi connectivity index (χ1) is 29.2. The summed E-state index contributed by atoms with van der Waals surface area (Å²) in [7, 11) is 0. The molecule has 14 nitrogen and oxygen atoms in total. The second-order valence-electron chi connectivity index (χ2n) is 14.3. The van der Waals surface area contributed by atoms with E-state index >= 15 is 0 Å². The number of piperazine rings is 1. The van der Waals surface area contributed by atoms with Crippen molar-refractivity contribution in [3.8, 4) is 5.95 Å². The molecule has 2 fully saturated rings. The number of hydrogen-bond acceptors (Lipinski definition) is 13. The highest BCUT2D eigenvalue weighted by atomic mass is 127. The lowest BCUT2D eigenvalue weighted by Gasteiger charge is -2.35. The van der Waals surface area contributed by atoms with Gasteiger partial charge < -0.3 is 33.5 Å². The molecule has 60 heavy (non-hydrogen) atoms. The highest BCUT2D eigenvalue weighted by molar-refractivity contribution is 14.1. The van der Waals surface area contributed by atoms with Crippen molar-refractivity contribution in [1.29, 1.82) is 0 Å². The molecule has 0 bridgehead atoms. The molecule has 7 rings (SSSR count). The lowest BCUT2D eigenvalue weighted by Crippen LogP contribution is -2.48. The third-order valence-electron chi connectivity index (χ3n) is 10.3. The van der Waals surface area contributed by atoms with Crippen LogP contribution in [0.2, 0.25) is 0 Å². The fourth-order valence-electron chi connectivity index (χ4n) is 7.04. The molecule has 0 N–H and O–H groups in total. The van der Waals surface area contributed by atoms with E-state index in [1.54, 1.807) is 6.07 Å². The molecular formula is C42H48F3IN8O6. The zero-order valence-electron chi connectivity index (χ0n) is 33.5. The van der Waals surface area contributed by atoms with Gasteiger partial charge in [-0.3, -0.25) is 14.3 Å². The van der Waals surface area contributed by atoms with Gasteiger partial charge in [-0.2, -0.15) is 15.0 Å². The molecule has 18 heteroatoms. The number of ketones is 1. The Morgan fingerprint density at radius 2 is 1.35 bits per heavy atom. The Hall–Kier alpha value is -4.31. The number of benzene rings is 3. The Kier molecular flexibility index (Phi) is 15.7. The van der Waals surface area contributed by atoms with Gasteiger partial charge in [0.1, 0.15) is 18.2 Å². The Morgan fingerprint density at radius 1 is 0.717 bits per heavy atom. The first-order valence-electron chi connectivity index (χ1n) is 20.0. The van der Waals surface area contributed by atoms with E-state index in [0.717, 1.165) is 68.7 Å². The maximum absolute atomic E-state index is 14.7. The van der Waals surface area contributed by atoms with Gasteiger partial charge >= 0.3 is 0 Å². The molecule has 2 aromatic heterocycles. The molecule has 3 aromatic carbocycles. The van der Waals surface area contributed by atoms with Crippen molar-refractivity contribution in [3.63, 3.8) is 0 Å². The minimum atomic E-state index is -1.18. The SMILES string of the molecule is Cc1nc2ccccc2n1-c1nc(N2CCOCC2)nc(N2CCN(CCOCCOCCOCCOCC(=O)c3ccc(F)c(F)c3Cc3ccc(I)cc3F)CC2)n1. The summed E-state index contributed by atoms with van der Waals surface area (Å²) in [4.78, 5) is 39.1. The van der Waals surface area contributed by atoms with E-state index in [0.29, 0.717) is 67.7 Å². The predicted octanol–water partition coefficient (Wildman–Crippen LogP) is 5.04. The predicted molar refractivity (Wildman–Crippen MR) is 227 cm³/mol. The lowest BCUT2D eigenvalue weighted by molar-refractivity contribution is -0.00288. The van der Waals surface area contributed by atoms with Crippen LogP contribution in [0.15, 0.2) is 54.6 Å². The fraction of sp³-hybridized carbons (Fsp3) is 0.452. The number of hydrogen-bond donors (Lipinski definition) is 0. The number of carbonyl (C=O) groups is 1. The molecule has 0 unspecified atom stereocenters. The first kappa shape index (κ1) is 43.8. The number of morpholine rings is 1. The monoisotopic (exact) mass is 944 g/mol. The molecule has 0 atom stereocenters. The van der Waals surface area contributed by atoms with E-state index in [9.17, 15) is 18.0 Å². The summed E-state index contributed by atoms with van der Waals surface area (Å²) in [6.07, 6.45) is -0.270. The molecule has 4 heterocycles. The van der Waals surface area contributed by atoms with Crippen LogP contribution in [-0.2, 0) is 30.1 Å². The van der Waals surface area contributed by atoms with Gasteiger partial charge in [0, 0.05) is 66.9 Å². The van der Waals surface area contributed by atoms with E-state index in [1.807, 2.05) is 58.3 Å². The first-order valence-corrected chi connectivity index (χ1v) is 21.1. The molecule has 0 amide bonds. The lowest BCUT2D eigenvalue weighted by atomic mass is 9.96. The van der Waals surface area contributed by atoms with Gasteiger partial charge in [0.05, 0.1) is 70.5 Å². The average Bonchev–Trinajstić information content (AvgIpc) is 3.60. The number of fused-ring (bicyclic) bond motifs is 1. The van der Waals surface area contributed by atoms with Crippen molar-refractivity contribution in [2.45, 2.75) is 13.3 Å². The number of aryl methyl sites for hydroxylation is 1. The summed E-state index contributed by atoms with van der Waals surface area (Å²) in [6, 6.07) is 14.5. The summed E-state index contributed by atoms with van der Waals surface area (Å²) in [5.74, 6) is -0.711. The van der Waals surface area contributed by atoms with Crippen LogP contribution in [0, 0.1) is 27.9 Å². The third-order valence-corrected chi connectivity index (χ3v) is 10.9. The van der Waals surface area contributed by atoms with E-state index in [4.69, 9.17) is 43.6 Å². The maximum atomic E-state index is 14.7. The van der Waals surface area contributed by atoms with Crippen LogP contribution in [-0.4, -0.2) is 147 Å². The maximum Gasteiger partial charge on any atom is 0.242 e. The van der Waals surface area contributed by atoms with Gasteiger partial charge in [0.15, 0.2) is 17.4 Å². The number of imidazole rings is 1. The zero-order chi connectivity index (χ0) is 41.8. The van der Waals surface area contributed by atoms with Gasteiger partial charge in [-0.1, -0.05) is 18.2 Å². The number of anilines is 2. The summed E-state index contributed by atoms with van der Waals surface area (Å²) in [6.45, 7) is 10.8. The number of para-hydroxylation sites is 2. The molecule has 2 saturated heterocycles. The summed E-state index contributed by atoms with van der Waals surface area (Å²) < 4.78 is 73.8. The van der Waals surface area contributed by atoms with E-state index in [1.165, 1.54) is 18.2 Å². The Morgan fingerprint density at radius 3 is 2.05 bits per heavy atom. The van der Waals surface area contributed by atoms with E-state index in [2.05, 4.69) is 14.7 Å². The van der Waals surface area contributed by atoms with Crippen LogP contribution >= 0.6 is 22.6 Å². The van der Waals surface area contributed by atoms with Crippen molar-refractivity contribution in [3.05, 3.63) is 98.1 Å². The van der Waals surface area contributed by atoms with Crippen LogP contribution < -0.4 is 9.80 Å². The molecule has 5 aromatic rings. The van der Waals surface area contributed by atoms with E-state index < -0.39 is 23.2 Å². The Bertz CT molecular complexity index is 2220. The molecule has 0 spiro atoms. The molecule has 320 valence electrons. The second kappa shape index (κ2) is 21.5. The van der Waals surface area contributed by atoms with Gasteiger partial charge in [0.2, 0.25) is 17.8 Å². The number of ether oxygens (including phenoxy) is 5. The third kappa shape index (κ3) is 11.3. The number of rotatable bonds is 20. The van der Waals surface area contributed by atoms with Crippen LogP contribution in [0.3, 0.4) is 0 Å². The largest absolute Gasteiger partial charge is 0.378 e. The number of aromatic nitrogens is 5.